The van der Waals surface area contributed by atoms with Gasteiger partial charge in [-0.05, 0) is 17.7 Å². The van der Waals surface area contributed by atoms with E-state index in [1.54, 1.807) is 30.5 Å². The number of nitrogens with zero attached hydrogens (tertiary/aromatic N) is 2. The van der Waals surface area contributed by atoms with E-state index >= 15 is 0 Å². The van der Waals surface area contributed by atoms with Crippen LogP contribution in [0.25, 0.3) is 16.8 Å². The summed E-state index contributed by atoms with van der Waals surface area (Å²) in [5.41, 5.74) is 1.53. The summed E-state index contributed by atoms with van der Waals surface area (Å²) in [4.78, 5) is 15.3. The minimum atomic E-state index is -0.377. The van der Waals surface area contributed by atoms with E-state index in [1.165, 1.54) is 4.52 Å². The number of aromatic nitrogens is 3. The van der Waals surface area contributed by atoms with Crippen molar-refractivity contribution in [2.75, 3.05) is 0 Å². The van der Waals surface area contributed by atoms with Gasteiger partial charge in [0, 0.05) is 0 Å². The molecular weight excluding hydrogens is 318 g/mol. The van der Waals surface area contributed by atoms with Crippen molar-refractivity contribution in [3.05, 3.63) is 82.8 Å². The fraction of sp³-hybridized carbons (Fsp3) is 0.0526. The van der Waals surface area contributed by atoms with E-state index in [4.69, 9.17) is 4.74 Å². The molecule has 2 aromatic carbocycles. The zero-order chi connectivity index (χ0) is 17.2. The van der Waals surface area contributed by atoms with E-state index in [2.05, 4.69) is 10.1 Å². The molecule has 0 unspecified atom stereocenters. The maximum Gasteiger partial charge on any atom is 0.262 e. The van der Waals surface area contributed by atoms with Gasteiger partial charge in [0.05, 0.1) is 11.8 Å². The molecule has 2 aromatic heterocycles. The second-order valence-electron chi connectivity index (χ2n) is 5.55. The molecule has 4 rings (SSSR count). The first-order chi connectivity index (χ1) is 12.2. The molecule has 0 saturated heterocycles. The summed E-state index contributed by atoms with van der Waals surface area (Å²) < 4.78 is 7.01. The smallest absolute Gasteiger partial charge is 0.262 e. The van der Waals surface area contributed by atoms with Crippen LogP contribution < -0.4 is 10.3 Å². The van der Waals surface area contributed by atoms with Crippen molar-refractivity contribution in [3.63, 3.8) is 0 Å². The predicted molar refractivity (Wildman–Crippen MR) is 93.7 cm³/mol. The summed E-state index contributed by atoms with van der Waals surface area (Å²) in [6.45, 7) is 0.230. The van der Waals surface area contributed by atoms with Crippen molar-refractivity contribution >= 4 is 5.65 Å². The molecule has 0 radical (unpaired) electrons. The highest BCUT2D eigenvalue weighted by Gasteiger charge is 2.17. The van der Waals surface area contributed by atoms with Crippen molar-refractivity contribution < 1.29 is 9.84 Å². The molecule has 4 aromatic rings. The van der Waals surface area contributed by atoms with E-state index in [1.807, 2.05) is 36.4 Å². The van der Waals surface area contributed by atoms with Crippen LogP contribution in [0.3, 0.4) is 0 Å². The van der Waals surface area contributed by atoms with Crippen LogP contribution in [0.2, 0.25) is 0 Å². The highest BCUT2D eigenvalue weighted by molar-refractivity contribution is 5.69. The molecule has 25 heavy (non-hydrogen) atoms. The molecule has 2 heterocycles. The Balaban J connectivity index is 1.74. The summed E-state index contributed by atoms with van der Waals surface area (Å²) >= 11 is 0. The van der Waals surface area contributed by atoms with Gasteiger partial charge in [0.15, 0.2) is 0 Å². The van der Waals surface area contributed by atoms with Crippen LogP contribution in [0.4, 0.5) is 0 Å². The van der Waals surface area contributed by atoms with Gasteiger partial charge in [-0.1, -0.05) is 48.5 Å². The molecule has 0 spiro atoms. The average molecular weight is 333 g/mol. The van der Waals surface area contributed by atoms with E-state index in [9.17, 15) is 9.90 Å². The van der Waals surface area contributed by atoms with Crippen LogP contribution in [0.1, 0.15) is 5.56 Å². The van der Waals surface area contributed by atoms with Crippen LogP contribution >= 0.6 is 0 Å². The lowest BCUT2D eigenvalue weighted by molar-refractivity contribution is 0.307. The Morgan fingerprint density at radius 2 is 1.72 bits per heavy atom. The van der Waals surface area contributed by atoms with Gasteiger partial charge < -0.3 is 14.8 Å². The lowest BCUT2D eigenvalue weighted by atomic mass is 10.1. The van der Waals surface area contributed by atoms with Gasteiger partial charge in [-0.15, -0.1) is 0 Å². The van der Waals surface area contributed by atoms with Gasteiger partial charge in [0.25, 0.3) is 5.56 Å². The monoisotopic (exact) mass is 333 g/mol. The molecule has 6 nitrogen and oxygen atoms in total. The zero-order valence-corrected chi connectivity index (χ0v) is 13.2. The second kappa shape index (κ2) is 6.16. The summed E-state index contributed by atoms with van der Waals surface area (Å²) in [5.74, 6) is 0.519. The number of nitrogens with one attached hydrogen (secondary N) is 1. The Kier molecular flexibility index (Phi) is 3.70. The van der Waals surface area contributed by atoms with Crippen LogP contribution in [-0.2, 0) is 6.61 Å². The van der Waals surface area contributed by atoms with E-state index < -0.39 is 0 Å². The molecule has 0 aliphatic rings. The number of ether oxygens (including phenoxy) is 1. The standard InChI is InChI=1S/C19H15N3O3/c23-18-16(13-7-3-1-4-8-13)19(24)22-17(21-18)14(11-20-22)12-25-15-9-5-2-6-10-15/h1-11,24H,12H2,(H,21,23). The fourth-order valence-electron chi connectivity index (χ4n) is 2.70. The number of H-pyrrole nitrogens is 1. The maximum atomic E-state index is 12.5. The lowest BCUT2D eigenvalue weighted by Gasteiger charge is -2.07. The molecule has 6 heteroatoms. The van der Waals surface area contributed by atoms with Crippen molar-refractivity contribution in [2.45, 2.75) is 6.61 Å². The lowest BCUT2D eigenvalue weighted by Crippen LogP contribution is -2.13. The fourth-order valence-corrected chi connectivity index (χ4v) is 2.70. The Labute approximate surface area is 143 Å². The molecule has 0 amide bonds. The Morgan fingerprint density at radius 1 is 1.04 bits per heavy atom. The Hall–Kier alpha value is -3.54. The highest BCUT2D eigenvalue weighted by atomic mass is 16.5. The molecule has 0 aliphatic heterocycles. The van der Waals surface area contributed by atoms with Crippen LogP contribution in [0.5, 0.6) is 11.6 Å². The largest absolute Gasteiger partial charge is 0.493 e. The van der Waals surface area contributed by atoms with Gasteiger partial charge in [-0.25, -0.2) is 0 Å². The SMILES string of the molecule is O=c1[nH]c2c(COc3ccccc3)cnn2c(O)c1-c1ccccc1. The first-order valence-corrected chi connectivity index (χ1v) is 7.79. The number of aromatic hydroxyl groups is 1. The number of para-hydroxylation sites is 1. The van der Waals surface area contributed by atoms with Gasteiger partial charge in [0.2, 0.25) is 5.88 Å². The molecule has 0 bridgehead atoms. The topological polar surface area (TPSA) is 79.6 Å². The third kappa shape index (κ3) is 2.74. The van der Waals surface area contributed by atoms with E-state index in [-0.39, 0.29) is 23.6 Å². The Morgan fingerprint density at radius 3 is 2.44 bits per heavy atom. The van der Waals surface area contributed by atoms with Crippen LogP contribution in [0.15, 0.2) is 71.7 Å². The second-order valence-corrected chi connectivity index (χ2v) is 5.55. The van der Waals surface area contributed by atoms with Crippen molar-refractivity contribution in [1.29, 1.82) is 0 Å². The molecule has 124 valence electrons. The van der Waals surface area contributed by atoms with Gasteiger partial charge >= 0.3 is 0 Å². The van der Waals surface area contributed by atoms with E-state index in [0.29, 0.717) is 22.5 Å². The quantitative estimate of drug-likeness (QED) is 0.602. The van der Waals surface area contributed by atoms with Gasteiger partial charge in [-0.3, -0.25) is 4.79 Å². The third-order valence-corrected chi connectivity index (χ3v) is 3.93. The highest BCUT2D eigenvalue weighted by Crippen LogP contribution is 2.26. The Bertz CT molecular complexity index is 1070. The summed E-state index contributed by atoms with van der Waals surface area (Å²) in [6, 6.07) is 18.3. The van der Waals surface area contributed by atoms with Gasteiger partial charge in [0.1, 0.15) is 23.6 Å². The molecule has 2 N–H and O–H groups in total. The first kappa shape index (κ1) is 15.0. The van der Waals surface area contributed by atoms with Crippen LogP contribution in [-0.4, -0.2) is 19.7 Å². The maximum absolute atomic E-state index is 12.5. The number of hydrogen-bond donors (Lipinski definition) is 2. The molecule has 0 fully saturated rings. The molecule has 0 atom stereocenters. The number of aromatic amines is 1. The number of hydrogen-bond acceptors (Lipinski definition) is 4. The third-order valence-electron chi connectivity index (χ3n) is 3.93. The summed E-state index contributed by atoms with van der Waals surface area (Å²) in [5, 5.41) is 14.7. The van der Waals surface area contributed by atoms with E-state index in [0.717, 1.165) is 0 Å². The van der Waals surface area contributed by atoms with Crippen LogP contribution in [0, 0.1) is 0 Å². The summed E-state index contributed by atoms with van der Waals surface area (Å²) in [6.07, 6.45) is 1.57. The van der Waals surface area contributed by atoms with Crippen molar-refractivity contribution in [3.8, 4) is 22.8 Å². The molecule has 0 aliphatic carbocycles. The minimum absolute atomic E-state index is 0.187. The number of benzene rings is 2. The molecular formula is C19H15N3O3. The van der Waals surface area contributed by atoms with Crippen molar-refractivity contribution in [1.82, 2.24) is 14.6 Å². The predicted octanol–water partition coefficient (Wildman–Crippen LogP) is 2.97. The van der Waals surface area contributed by atoms with Gasteiger partial charge in [-0.2, -0.15) is 9.61 Å². The number of rotatable bonds is 4. The molecule has 0 saturated carbocycles. The number of fused-ring (bicyclic) bond motifs is 1. The zero-order valence-electron chi connectivity index (χ0n) is 13.2. The first-order valence-electron chi connectivity index (χ1n) is 7.79. The summed E-state index contributed by atoms with van der Waals surface area (Å²) in [7, 11) is 0. The average Bonchev–Trinajstić information content (AvgIpc) is 3.05. The van der Waals surface area contributed by atoms with Crippen molar-refractivity contribution in [2.24, 2.45) is 0 Å². The normalized spacial score (nSPS) is 10.9. The minimum Gasteiger partial charge on any atom is -0.493 e.